The van der Waals surface area contributed by atoms with Crippen molar-refractivity contribution in [3.05, 3.63) is 11.7 Å². The molecule has 0 unspecified atom stereocenters. The van der Waals surface area contributed by atoms with E-state index in [1.54, 1.807) is 0 Å². The predicted octanol–water partition coefficient (Wildman–Crippen LogP) is 3.42. The minimum Gasteiger partial charge on any atom is -0.338 e. The van der Waals surface area contributed by atoms with Gasteiger partial charge in [0.25, 0.3) is 0 Å². The second-order valence-electron chi connectivity index (χ2n) is 6.26. The highest BCUT2D eigenvalue weighted by Gasteiger charge is 2.19. The summed E-state index contributed by atoms with van der Waals surface area (Å²) in [5.41, 5.74) is 0. The maximum Gasteiger partial charge on any atom is 0.240 e. The number of aromatic nitrogens is 2. The van der Waals surface area contributed by atoms with Crippen molar-refractivity contribution >= 4 is 0 Å². The van der Waals surface area contributed by atoms with Gasteiger partial charge in [0.2, 0.25) is 5.89 Å². The van der Waals surface area contributed by atoms with Crippen LogP contribution in [-0.4, -0.2) is 28.1 Å². The van der Waals surface area contributed by atoms with Gasteiger partial charge in [-0.15, -0.1) is 0 Å². The van der Waals surface area contributed by atoms with Gasteiger partial charge in [-0.25, -0.2) is 0 Å². The molecule has 1 aromatic heterocycles. The van der Waals surface area contributed by atoms with Crippen LogP contribution in [0.3, 0.4) is 0 Å². The van der Waals surface area contributed by atoms with Gasteiger partial charge in [0, 0.05) is 12.5 Å². The Morgan fingerprint density at radius 2 is 1.89 bits per heavy atom. The van der Waals surface area contributed by atoms with Crippen molar-refractivity contribution in [1.82, 2.24) is 15.0 Å². The summed E-state index contributed by atoms with van der Waals surface area (Å²) in [7, 11) is 2.18. The van der Waals surface area contributed by atoms with Crippen molar-refractivity contribution in [2.75, 3.05) is 7.05 Å². The molecule has 108 valence electrons. The second kappa shape index (κ2) is 7.04. The molecule has 0 N–H and O–H groups in total. The average Bonchev–Trinajstić information content (AvgIpc) is 2.64. The first-order valence-corrected chi connectivity index (χ1v) is 7.67. The highest BCUT2D eigenvalue weighted by molar-refractivity contribution is 4.88. The maximum absolute atomic E-state index is 5.36. The lowest BCUT2D eigenvalue weighted by Gasteiger charge is -2.25. The normalized spacial score (nSPS) is 18.2. The Morgan fingerprint density at radius 3 is 2.53 bits per heavy atom. The van der Waals surface area contributed by atoms with Crippen molar-refractivity contribution in [2.45, 2.75) is 71.4 Å². The molecule has 1 aliphatic carbocycles. The van der Waals surface area contributed by atoms with Crippen molar-refractivity contribution in [1.29, 1.82) is 0 Å². The molecule has 0 radical (unpaired) electrons. The molecule has 1 fully saturated rings. The summed E-state index contributed by atoms with van der Waals surface area (Å²) in [6.45, 7) is 5.14. The number of hydrogen-bond acceptors (Lipinski definition) is 4. The molecule has 2 rings (SSSR count). The largest absolute Gasteiger partial charge is 0.338 e. The van der Waals surface area contributed by atoms with E-state index in [2.05, 4.69) is 35.9 Å². The van der Waals surface area contributed by atoms with Crippen LogP contribution < -0.4 is 0 Å². The Balaban J connectivity index is 1.86. The molecule has 0 aliphatic heterocycles. The van der Waals surface area contributed by atoms with Gasteiger partial charge in [-0.1, -0.05) is 44.7 Å². The van der Waals surface area contributed by atoms with Crippen LogP contribution in [0.5, 0.6) is 0 Å². The highest BCUT2D eigenvalue weighted by atomic mass is 16.5. The van der Waals surface area contributed by atoms with Crippen LogP contribution in [0.1, 0.15) is 64.1 Å². The van der Waals surface area contributed by atoms with Crippen LogP contribution in [-0.2, 0) is 13.0 Å². The topological polar surface area (TPSA) is 42.2 Å². The molecule has 1 aliphatic rings. The van der Waals surface area contributed by atoms with Crippen LogP contribution in [0, 0.1) is 5.92 Å². The van der Waals surface area contributed by atoms with Crippen LogP contribution >= 0.6 is 0 Å². The Morgan fingerprint density at radius 1 is 1.21 bits per heavy atom. The first-order chi connectivity index (χ1) is 9.15. The lowest BCUT2D eigenvalue weighted by atomic mass is 10.1. The van der Waals surface area contributed by atoms with E-state index in [4.69, 9.17) is 4.52 Å². The summed E-state index contributed by atoms with van der Waals surface area (Å²) >= 11 is 0. The molecule has 1 aromatic rings. The van der Waals surface area contributed by atoms with Gasteiger partial charge in [-0.3, -0.25) is 4.90 Å². The van der Waals surface area contributed by atoms with E-state index in [0.717, 1.165) is 24.7 Å². The summed E-state index contributed by atoms with van der Waals surface area (Å²) in [4.78, 5) is 6.88. The van der Waals surface area contributed by atoms with Gasteiger partial charge in [-0.05, 0) is 25.8 Å². The minimum atomic E-state index is 0.574. The Hall–Kier alpha value is -0.900. The van der Waals surface area contributed by atoms with Crippen molar-refractivity contribution < 1.29 is 4.52 Å². The molecule has 4 heteroatoms. The maximum atomic E-state index is 5.36. The fraction of sp³-hybridized carbons (Fsp3) is 0.867. The van der Waals surface area contributed by atoms with Crippen LogP contribution in [0.4, 0.5) is 0 Å². The summed E-state index contributed by atoms with van der Waals surface area (Å²) in [6, 6.07) is 0.683. The van der Waals surface area contributed by atoms with E-state index < -0.39 is 0 Å². The molecule has 0 bridgehead atoms. The smallest absolute Gasteiger partial charge is 0.240 e. The molecular formula is C15H27N3O. The molecule has 19 heavy (non-hydrogen) atoms. The number of rotatable bonds is 5. The van der Waals surface area contributed by atoms with Crippen molar-refractivity contribution in [2.24, 2.45) is 5.92 Å². The van der Waals surface area contributed by atoms with Crippen molar-refractivity contribution in [3.63, 3.8) is 0 Å². The van der Waals surface area contributed by atoms with E-state index in [1.807, 2.05) is 0 Å². The minimum absolute atomic E-state index is 0.574. The summed E-state index contributed by atoms with van der Waals surface area (Å²) < 4.78 is 5.36. The molecule has 0 aromatic carbocycles. The first-order valence-electron chi connectivity index (χ1n) is 7.67. The molecular weight excluding hydrogens is 238 g/mol. The lowest BCUT2D eigenvalue weighted by molar-refractivity contribution is 0.187. The molecule has 1 heterocycles. The third-order valence-corrected chi connectivity index (χ3v) is 3.93. The number of hydrogen-bond donors (Lipinski definition) is 0. The fourth-order valence-corrected chi connectivity index (χ4v) is 2.84. The third-order valence-electron chi connectivity index (χ3n) is 3.93. The molecule has 0 saturated heterocycles. The lowest BCUT2D eigenvalue weighted by Crippen LogP contribution is -2.30. The third kappa shape index (κ3) is 4.60. The number of nitrogens with zero attached hydrogens (tertiary/aromatic N) is 3. The molecule has 1 saturated carbocycles. The zero-order valence-electron chi connectivity index (χ0n) is 12.6. The molecule has 4 nitrogen and oxygen atoms in total. The predicted molar refractivity (Wildman–Crippen MR) is 75.8 cm³/mol. The summed E-state index contributed by atoms with van der Waals surface area (Å²) in [5.74, 6) is 2.19. The standard InChI is InChI=1S/C15H27N3O/c1-12(2)10-14-16-15(19-17-14)11-18(3)13-8-6-4-5-7-9-13/h12-13H,4-11H2,1-3H3. The quantitative estimate of drug-likeness (QED) is 0.765. The van der Waals surface area contributed by atoms with E-state index in [-0.39, 0.29) is 0 Å². The van der Waals surface area contributed by atoms with Crippen LogP contribution in [0.15, 0.2) is 4.52 Å². The summed E-state index contributed by atoms with van der Waals surface area (Å²) in [5, 5.41) is 4.06. The second-order valence-corrected chi connectivity index (χ2v) is 6.26. The Kier molecular flexibility index (Phi) is 5.37. The average molecular weight is 265 g/mol. The molecule has 0 atom stereocenters. The van der Waals surface area contributed by atoms with Gasteiger partial charge in [0.15, 0.2) is 5.82 Å². The van der Waals surface area contributed by atoms with E-state index in [0.29, 0.717) is 12.0 Å². The summed E-state index contributed by atoms with van der Waals surface area (Å²) in [6.07, 6.45) is 9.02. The zero-order chi connectivity index (χ0) is 13.7. The zero-order valence-corrected chi connectivity index (χ0v) is 12.6. The SMILES string of the molecule is CC(C)Cc1noc(CN(C)C2CCCCCC2)n1. The van der Waals surface area contributed by atoms with Gasteiger partial charge < -0.3 is 4.52 Å². The Labute approximate surface area is 116 Å². The monoisotopic (exact) mass is 265 g/mol. The van der Waals surface area contributed by atoms with Gasteiger partial charge in [-0.2, -0.15) is 4.98 Å². The molecule has 0 amide bonds. The van der Waals surface area contributed by atoms with E-state index >= 15 is 0 Å². The van der Waals surface area contributed by atoms with Gasteiger partial charge >= 0.3 is 0 Å². The fourth-order valence-electron chi connectivity index (χ4n) is 2.84. The van der Waals surface area contributed by atoms with Gasteiger partial charge in [0.05, 0.1) is 6.54 Å². The van der Waals surface area contributed by atoms with Crippen LogP contribution in [0.2, 0.25) is 0 Å². The highest BCUT2D eigenvalue weighted by Crippen LogP contribution is 2.22. The van der Waals surface area contributed by atoms with E-state index in [9.17, 15) is 0 Å². The first kappa shape index (κ1) is 14.5. The molecule has 0 spiro atoms. The van der Waals surface area contributed by atoms with Crippen LogP contribution in [0.25, 0.3) is 0 Å². The van der Waals surface area contributed by atoms with E-state index in [1.165, 1.54) is 38.5 Å². The van der Waals surface area contributed by atoms with Crippen molar-refractivity contribution in [3.8, 4) is 0 Å². The van der Waals surface area contributed by atoms with Gasteiger partial charge in [0.1, 0.15) is 0 Å². The Bertz CT molecular complexity index is 367.